The Bertz CT molecular complexity index is 996. The molecule has 1 spiro atoms. The van der Waals surface area contributed by atoms with Gasteiger partial charge in [0, 0.05) is 50.0 Å². The van der Waals surface area contributed by atoms with Gasteiger partial charge >= 0.3 is 5.97 Å². The highest BCUT2D eigenvalue weighted by molar-refractivity contribution is 8.14. The second-order valence-corrected chi connectivity index (χ2v) is 11.5. The molecule has 2 fully saturated rings. The molecule has 204 valence electrons. The van der Waals surface area contributed by atoms with Crippen LogP contribution >= 0.6 is 11.8 Å². The summed E-state index contributed by atoms with van der Waals surface area (Å²) < 4.78 is 26.7. The van der Waals surface area contributed by atoms with E-state index >= 15 is 4.39 Å². The first-order chi connectivity index (χ1) is 17.8. The Balaban J connectivity index is 1.27. The molecule has 0 aliphatic carbocycles. The van der Waals surface area contributed by atoms with E-state index in [-0.39, 0.29) is 43.0 Å². The molecule has 37 heavy (non-hydrogen) atoms. The fourth-order valence-corrected chi connectivity index (χ4v) is 6.21. The van der Waals surface area contributed by atoms with Crippen LogP contribution in [0.2, 0.25) is 0 Å². The van der Waals surface area contributed by atoms with Crippen LogP contribution in [0.5, 0.6) is 0 Å². The maximum Gasteiger partial charge on any atom is 0.305 e. The number of nitrogens with zero attached hydrogens (tertiary/aromatic N) is 3. The number of hydrogen-bond donors (Lipinski definition) is 1. The molecule has 0 bridgehead atoms. The first-order valence-electron chi connectivity index (χ1n) is 13.2. The lowest BCUT2D eigenvalue weighted by Crippen LogP contribution is -2.59. The minimum atomic E-state index is -0.906. The molecule has 2 saturated heterocycles. The van der Waals surface area contributed by atoms with Crippen LogP contribution in [0.1, 0.15) is 44.2 Å². The van der Waals surface area contributed by atoms with Crippen molar-refractivity contribution in [1.82, 2.24) is 9.80 Å². The fourth-order valence-electron chi connectivity index (χ4n) is 5.13. The minimum absolute atomic E-state index is 0.0543. The van der Waals surface area contributed by atoms with Crippen LogP contribution in [0, 0.1) is 11.7 Å². The van der Waals surface area contributed by atoms with E-state index in [1.807, 2.05) is 17.0 Å². The number of aliphatic imine (C=N–C) groups is 1. The first-order valence-corrected chi connectivity index (χ1v) is 14.2. The molecule has 10 heteroatoms. The number of benzene rings is 1. The van der Waals surface area contributed by atoms with E-state index in [2.05, 4.69) is 23.7 Å². The number of carbonyl (C=O) groups is 2. The van der Waals surface area contributed by atoms with E-state index in [9.17, 15) is 9.59 Å². The van der Waals surface area contributed by atoms with Crippen molar-refractivity contribution < 1.29 is 28.6 Å². The van der Waals surface area contributed by atoms with Crippen molar-refractivity contribution in [2.24, 2.45) is 10.9 Å². The summed E-state index contributed by atoms with van der Waals surface area (Å²) >= 11 is 1.69. The Morgan fingerprint density at radius 2 is 2.00 bits per heavy atom. The first kappa shape index (κ1) is 28.0. The van der Waals surface area contributed by atoms with Crippen molar-refractivity contribution >= 4 is 28.7 Å². The fraction of sp³-hybridized carbons (Fsp3) is 0.667. The van der Waals surface area contributed by atoms with E-state index in [0.717, 1.165) is 36.7 Å². The van der Waals surface area contributed by atoms with E-state index in [4.69, 9.17) is 14.6 Å². The molecule has 4 rings (SSSR count). The van der Waals surface area contributed by atoms with E-state index in [0.29, 0.717) is 49.7 Å². The normalized spacial score (nSPS) is 22.0. The van der Waals surface area contributed by atoms with Crippen LogP contribution < -0.4 is 0 Å². The Morgan fingerprint density at radius 1 is 1.24 bits per heavy atom. The zero-order chi connectivity index (χ0) is 26.4. The Kier molecular flexibility index (Phi) is 9.61. The number of rotatable bonds is 10. The Hall–Kier alpha value is -2.01. The Labute approximate surface area is 222 Å². The van der Waals surface area contributed by atoms with E-state index < -0.39 is 5.97 Å². The van der Waals surface area contributed by atoms with Gasteiger partial charge in [0.1, 0.15) is 11.9 Å². The molecule has 0 aromatic heterocycles. The number of carboxylic acids is 1. The van der Waals surface area contributed by atoms with Gasteiger partial charge in [-0.15, -0.1) is 11.8 Å². The van der Waals surface area contributed by atoms with Gasteiger partial charge in [-0.05, 0) is 24.8 Å². The van der Waals surface area contributed by atoms with Crippen LogP contribution in [0.25, 0.3) is 0 Å². The van der Waals surface area contributed by atoms with Gasteiger partial charge in [0.25, 0.3) is 0 Å². The van der Waals surface area contributed by atoms with Crippen molar-refractivity contribution in [2.45, 2.75) is 57.7 Å². The summed E-state index contributed by atoms with van der Waals surface area (Å²) in [5.74, 6) is 0.0662. The SMILES string of the molecule is CC(C)C1=NC(C(=O)N2CCOC3(CCN(Cc4cccc(CCOCCC(=O)O)c4F)CC3)C2)CS1. The molecule has 0 saturated carbocycles. The Morgan fingerprint density at radius 3 is 2.70 bits per heavy atom. The molecule has 1 amide bonds. The predicted octanol–water partition coefficient (Wildman–Crippen LogP) is 3.22. The van der Waals surface area contributed by atoms with Crippen LogP contribution in [0.15, 0.2) is 23.2 Å². The smallest absolute Gasteiger partial charge is 0.305 e. The van der Waals surface area contributed by atoms with Crippen LogP contribution in [-0.2, 0) is 32.0 Å². The number of likely N-dealkylation sites (tertiary alicyclic amines) is 1. The summed E-state index contributed by atoms with van der Waals surface area (Å²) in [7, 11) is 0. The van der Waals surface area contributed by atoms with Crippen molar-refractivity contribution in [3.05, 3.63) is 35.1 Å². The third kappa shape index (κ3) is 7.31. The standard InChI is InChI=1S/C27H38FN3O5S/c1-19(2)25-29-22(17-37-25)26(34)31-12-15-36-27(18-31)8-10-30(11-9-27)16-21-5-3-4-20(24(21)28)6-13-35-14-7-23(32)33/h3-5,19,22H,6-18H2,1-2H3,(H,32,33). The van der Waals surface area contributed by atoms with Crippen molar-refractivity contribution in [3.8, 4) is 0 Å². The lowest BCUT2D eigenvalue weighted by Gasteiger charge is -2.47. The molecular formula is C27H38FN3O5S. The number of carbonyl (C=O) groups excluding carboxylic acids is 1. The topological polar surface area (TPSA) is 91.7 Å². The molecule has 8 nitrogen and oxygen atoms in total. The van der Waals surface area contributed by atoms with Crippen LogP contribution in [-0.4, -0.2) is 95.2 Å². The lowest BCUT2D eigenvalue weighted by atomic mass is 9.89. The highest BCUT2D eigenvalue weighted by Gasteiger charge is 2.42. The molecule has 3 heterocycles. The summed E-state index contributed by atoms with van der Waals surface area (Å²) in [6.07, 6.45) is 1.95. The molecular weight excluding hydrogens is 497 g/mol. The number of halogens is 1. The third-order valence-electron chi connectivity index (χ3n) is 7.31. The zero-order valence-electron chi connectivity index (χ0n) is 21.8. The summed E-state index contributed by atoms with van der Waals surface area (Å²) in [4.78, 5) is 32.6. The number of ether oxygens (including phenoxy) is 2. The second kappa shape index (κ2) is 12.7. The maximum absolute atomic E-state index is 15.1. The minimum Gasteiger partial charge on any atom is -0.481 e. The van der Waals surface area contributed by atoms with Gasteiger partial charge < -0.3 is 19.5 Å². The molecule has 1 aromatic rings. The zero-order valence-corrected chi connectivity index (χ0v) is 22.6. The summed E-state index contributed by atoms with van der Waals surface area (Å²) in [5.41, 5.74) is 0.895. The van der Waals surface area contributed by atoms with Gasteiger partial charge in [0.15, 0.2) is 0 Å². The molecule has 3 aliphatic rings. The largest absolute Gasteiger partial charge is 0.481 e. The quantitative estimate of drug-likeness (QED) is 0.460. The third-order valence-corrected chi connectivity index (χ3v) is 8.66. The number of amides is 1. The number of morpholine rings is 1. The predicted molar refractivity (Wildman–Crippen MR) is 141 cm³/mol. The number of hydrogen-bond acceptors (Lipinski definition) is 7. The molecule has 3 aliphatic heterocycles. The van der Waals surface area contributed by atoms with Crippen LogP contribution in [0.3, 0.4) is 0 Å². The van der Waals surface area contributed by atoms with E-state index in [1.54, 1.807) is 17.8 Å². The average Bonchev–Trinajstić information content (AvgIpc) is 3.38. The monoisotopic (exact) mass is 535 g/mol. The highest BCUT2D eigenvalue weighted by Crippen LogP contribution is 2.32. The van der Waals surface area contributed by atoms with Crippen molar-refractivity contribution in [3.63, 3.8) is 0 Å². The summed E-state index contributed by atoms with van der Waals surface area (Å²) in [6.45, 7) is 8.45. The van der Waals surface area contributed by atoms with Gasteiger partial charge in [0.05, 0.1) is 36.9 Å². The maximum atomic E-state index is 15.1. The van der Waals surface area contributed by atoms with Crippen LogP contribution in [0.4, 0.5) is 4.39 Å². The molecule has 1 unspecified atom stereocenters. The highest BCUT2D eigenvalue weighted by atomic mass is 32.2. The van der Waals surface area contributed by atoms with Gasteiger partial charge in [-0.3, -0.25) is 19.5 Å². The molecule has 1 aromatic carbocycles. The second-order valence-electron chi connectivity index (χ2n) is 10.4. The summed E-state index contributed by atoms with van der Waals surface area (Å²) in [5, 5.41) is 9.75. The van der Waals surface area contributed by atoms with Gasteiger partial charge in [-0.25, -0.2) is 4.39 Å². The average molecular weight is 536 g/mol. The van der Waals surface area contributed by atoms with Crippen molar-refractivity contribution in [1.29, 1.82) is 0 Å². The lowest BCUT2D eigenvalue weighted by molar-refractivity contribution is -0.160. The molecule has 1 atom stereocenters. The molecule has 0 radical (unpaired) electrons. The molecule has 1 N–H and O–H groups in total. The van der Waals surface area contributed by atoms with Crippen molar-refractivity contribution in [2.75, 3.05) is 51.8 Å². The summed E-state index contributed by atoms with van der Waals surface area (Å²) in [6, 6.07) is 5.15. The van der Waals surface area contributed by atoms with Gasteiger partial charge in [-0.1, -0.05) is 32.0 Å². The number of aliphatic carboxylic acids is 1. The van der Waals surface area contributed by atoms with Gasteiger partial charge in [-0.2, -0.15) is 0 Å². The number of piperidine rings is 1. The van der Waals surface area contributed by atoms with Gasteiger partial charge in [0.2, 0.25) is 5.91 Å². The van der Waals surface area contributed by atoms with E-state index in [1.165, 1.54) is 0 Å². The number of carboxylic acid groups (broad SMARTS) is 1. The number of thioether (sulfide) groups is 1.